The second-order valence-electron chi connectivity index (χ2n) is 8.48. The van der Waals surface area contributed by atoms with Crippen molar-refractivity contribution in [3.63, 3.8) is 0 Å². The van der Waals surface area contributed by atoms with Crippen molar-refractivity contribution in [3.05, 3.63) is 41.0 Å². The number of imidazole rings is 1. The molecule has 10 nitrogen and oxygen atoms in total. The highest BCUT2D eigenvalue weighted by Gasteiger charge is 2.31. The molecule has 2 aliphatic rings. The number of likely N-dealkylation sites (N-methyl/N-ethyl adjacent to an activating group) is 1. The number of nitrogens with zero attached hydrogens (tertiary/aromatic N) is 5. The van der Waals surface area contributed by atoms with Gasteiger partial charge in [-0.3, -0.25) is 5.43 Å². The predicted molar refractivity (Wildman–Crippen MR) is 130 cm³/mol. The molecule has 0 spiro atoms. The zero-order valence-corrected chi connectivity index (χ0v) is 21.1. The molecule has 0 radical (unpaired) electrons. The Bertz CT molecular complexity index is 1170. The van der Waals surface area contributed by atoms with Gasteiger partial charge >= 0.3 is 0 Å². The van der Waals surface area contributed by atoms with Gasteiger partial charge in [0.05, 0.1) is 22.8 Å². The molecule has 0 amide bonds. The average Bonchev–Trinajstić information content (AvgIpc) is 3.15. The number of sulfonamides is 1. The van der Waals surface area contributed by atoms with Crippen LogP contribution >= 0.6 is 0 Å². The summed E-state index contributed by atoms with van der Waals surface area (Å²) < 4.78 is 35.9. The molecular weight excluding hydrogens is 456 g/mol. The molecule has 1 saturated heterocycles. The molecule has 11 heteroatoms. The van der Waals surface area contributed by atoms with Gasteiger partial charge in [-0.05, 0) is 45.0 Å². The second-order valence-corrected chi connectivity index (χ2v) is 10.4. The molecule has 0 bridgehead atoms. The molecule has 2 aromatic rings. The van der Waals surface area contributed by atoms with Gasteiger partial charge in [-0.25, -0.2) is 23.1 Å². The van der Waals surface area contributed by atoms with Gasteiger partial charge in [-0.15, -0.1) is 0 Å². The topological polar surface area (TPSA) is 112 Å². The van der Waals surface area contributed by atoms with E-state index in [4.69, 9.17) is 4.74 Å². The molecule has 3 heterocycles. The van der Waals surface area contributed by atoms with Gasteiger partial charge in [0.2, 0.25) is 10.0 Å². The van der Waals surface area contributed by atoms with E-state index in [1.54, 1.807) is 22.9 Å². The van der Waals surface area contributed by atoms with Gasteiger partial charge in [0.15, 0.2) is 12.1 Å². The number of benzene rings is 1. The highest BCUT2D eigenvalue weighted by Crippen LogP contribution is 2.30. The van der Waals surface area contributed by atoms with Gasteiger partial charge < -0.3 is 14.7 Å². The molecule has 186 valence electrons. The highest BCUT2D eigenvalue weighted by molar-refractivity contribution is 7.89. The Morgan fingerprint density at radius 2 is 1.91 bits per heavy atom. The second kappa shape index (κ2) is 10.0. The van der Waals surface area contributed by atoms with Crippen LogP contribution in [0.25, 0.3) is 0 Å². The summed E-state index contributed by atoms with van der Waals surface area (Å²) in [5.74, 6) is 1.62. The van der Waals surface area contributed by atoms with E-state index in [9.17, 15) is 13.5 Å². The van der Waals surface area contributed by atoms with E-state index >= 15 is 0 Å². The SMILES string of the molecule is CCCc1nc(C)c2n1NC(c1cc(S(=O)(=O)N3CCN(CC)CC3)ccc1OCC)=NC2O. The summed E-state index contributed by atoms with van der Waals surface area (Å²) in [6.07, 6.45) is 0.499. The zero-order chi connectivity index (χ0) is 24.5. The third-order valence-corrected chi connectivity index (χ3v) is 8.17. The summed E-state index contributed by atoms with van der Waals surface area (Å²) >= 11 is 0. The van der Waals surface area contributed by atoms with E-state index in [-0.39, 0.29) is 4.90 Å². The lowest BCUT2D eigenvalue weighted by molar-refractivity contribution is 0.176. The molecular formula is C23H34N6O4S. The maximum Gasteiger partial charge on any atom is 0.243 e. The van der Waals surface area contributed by atoms with E-state index in [0.717, 1.165) is 25.2 Å². The number of aliphatic hydroxyl groups excluding tert-OH is 1. The lowest BCUT2D eigenvalue weighted by atomic mass is 10.1. The number of fused-ring (bicyclic) bond motifs is 1. The monoisotopic (exact) mass is 490 g/mol. The number of ether oxygens (including phenoxy) is 1. The van der Waals surface area contributed by atoms with E-state index in [0.29, 0.717) is 61.3 Å². The van der Waals surface area contributed by atoms with E-state index in [1.165, 1.54) is 4.31 Å². The molecule has 1 unspecified atom stereocenters. The largest absolute Gasteiger partial charge is 0.493 e. The fraction of sp³-hybridized carbons (Fsp3) is 0.565. The number of aliphatic imine (C=N–C) groups is 1. The highest BCUT2D eigenvalue weighted by atomic mass is 32.2. The normalized spacial score (nSPS) is 19.4. The van der Waals surface area contributed by atoms with E-state index in [1.807, 2.05) is 13.8 Å². The molecule has 34 heavy (non-hydrogen) atoms. The minimum absolute atomic E-state index is 0.177. The quantitative estimate of drug-likeness (QED) is 0.581. The minimum atomic E-state index is -3.69. The Balaban J connectivity index is 1.71. The molecule has 4 rings (SSSR count). The van der Waals surface area contributed by atoms with Crippen molar-refractivity contribution in [1.82, 2.24) is 18.9 Å². The average molecular weight is 491 g/mol. The van der Waals surface area contributed by atoms with Crippen LogP contribution in [0.5, 0.6) is 5.75 Å². The first-order valence-corrected chi connectivity index (χ1v) is 13.3. The molecule has 2 N–H and O–H groups in total. The number of aliphatic hydroxyl groups is 1. The van der Waals surface area contributed by atoms with Crippen molar-refractivity contribution < 1.29 is 18.3 Å². The van der Waals surface area contributed by atoms with Crippen molar-refractivity contribution >= 4 is 15.9 Å². The molecule has 0 saturated carbocycles. The Morgan fingerprint density at radius 3 is 2.56 bits per heavy atom. The maximum atomic E-state index is 13.4. The number of amidine groups is 1. The van der Waals surface area contributed by atoms with Crippen molar-refractivity contribution in [3.8, 4) is 5.75 Å². The third kappa shape index (κ3) is 4.57. The number of aromatic nitrogens is 2. The van der Waals surface area contributed by atoms with Crippen LogP contribution in [0.15, 0.2) is 28.1 Å². The van der Waals surface area contributed by atoms with Crippen molar-refractivity contribution in [1.29, 1.82) is 0 Å². The Kier molecular flexibility index (Phi) is 7.27. The molecule has 2 aliphatic heterocycles. The Labute approximate surface area is 201 Å². The smallest absolute Gasteiger partial charge is 0.243 e. The number of aryl methyl sites for hydroxylation is 2. The minimum Gasteiger partial charge on any atom is -0.493 e. The Hall–Kier alpha value is -2.47. The van der Waals surface area contributed by atoms with Gasteiger partial charge in [0.25, 0.3) is 0 Å². The van der Waals surface area contributed by atoms with Crippen molar-refractivity contribution in [2.75, 3.05) is 44.8 Å². The van der Waals surface area contributed by atoms with Crippen LogP contribution in [0.1, 0.15) is 56.2 Å². The third-order valence-electron chi connectivity index (χ3n) is 6.28. The van der Waals surface area contributed by atoms with Gasteiger partial charge in [-0.2, -0.15) is 4.31 Å². The van der Waals surface area contributed by atoms with Crippen molar-refractivity contribution in [2.24, 2.45) is 4.99 Å². The van der Waals surface area contributed by atoms with Crippen LogP contribution in [-0.4, -0.2) is 77.6 Å². The van der Waals surface area contributed by atoms with Crippen LogP contribution in [-0.2, 0) is 16.4 Å². The Morgan fingerprint density at radius 1 is 1.18 bits per heavy atom. The first-order chi connectivity index (χ1) is 16.3. The number of hydrogen-bond acceptors (Lipinski definition) is 8. The molecule has 1 atom stereocenters. The standard InChI is InChI=1S/C23H34N6O4S/c1-5-8-20-24-16(4)21-23(30)25-22(26-29(20)21)18-15-17(9-10-19(18)33-7-3)34(31,32)28-13-11-27(6-2)12-14-28/h9-10,15,23,30H,5-8,11-14H2,1-4H3,(H,25,26). The lowest BCUT2D eigenvalue weighted by Gasteiger charge is -2.33. The van der Waals surface area contributed by atoms with Gasteiger partial charge in [0.1, 0.15) is 17.3 Å². The molecule has 1 fully saturated rings. The van der Waals surface area contributed by atoms with Gasteiger partial charge in [-0.1, -0.05) is 13.8 Å². The number of hydrogen-bond donors (Lipinski definition) is 2. The molecule has 1 aromatic heterocycles. The van der Waals surface area contributed by atoms with Crippen molar-refractivity contribution in [2.45, 2.75) is 51.7 Å². The lowest BCUT2D eigenvalue weighted by Crippen LogP contribution is -2.48. The fourth-order valence-corrected chi connectivity index (χ4v) is 5.89. The zero-order valence-electron chi connectivity index (χ0n) is 20.3. The van der Waals surface area contributed by atoms with Crippen LogP contribution in [0, 0.1) is 6.92 Å². The summed E-state index contributed by atoms with van der Waals surface area (Å²) in [6.45, 7) is 11.5. The number of nitrogens with one attached hydrogen (secondary N) is 1. The van der Waals surface area contributed by atoms with Crippen LogP contribution in [0.2, 0.25) is 0 Å². The number of piperazine rings is 1. The molecule has 0 aliphatic carbocycles. The predicted octanol–water partition coefficient (Wildman–Crippen LogP) is 1.86. The first-order valence-electron chi connectivity index (χ1n) is 11.9. The van der Waals surface area contributed by atoms with Crippen LogP contribution < -0.4 is 10.2 Å². The summed E-state index contributed by atoms with van der Waals surface area (Å²) in [5, 5.41) is 10.8. The first kappa shape index (κ1) is 24.6. The van der Waals surface area contributed by atoms with E-state index < -0.39 is 16.3 Å². The van der Waals surface area contributed by atoms with Gasteiger partial charge in [0, 0.05) is 32.6 Å². The van der Waals surface area contributed by atoms with E-state index in [2.05, 4.69) is 34.1 Å². The number of rotatable bonds is 8. The summed E-state index contributed by atoms with van der Waals surface area (Å²) in [4.78, 5) is 11.4. The molecule has 1 aromatic carbocycles. The van der Waals surface area contributed by atoms with Crippen LogP contribution in [0.3, 0.4) is 0 Å². The van der Waals surface area contributed by atoms with Crippen LogP contribution in [0.4, 0.5) is 0 Å². The summed E-state index contributed by atoms with van der Waals surface area (Å²) in [5.41, 5.74) is 5.01. The summed E-state index contributed by atoms with van der Waals surface area (Å²) in [7, 11) is -3.69. The maximum absolute atomic E-state index is 13.4. The fourth-order valence-electron chi connectivity index (χ4n) is 4.44. The summed E-state index contributed by atoms with van der Waals surface area (Å²) in [6, 6.07) is 4.82.